The van der Waals surface area contributed by atoms with E-state index < -0.39 is 20.0 Å². The topological polar surface area (TPSA) is 108 Å². The standard InChI is InChI=1S/C63H125N2O6P/c1-6-8-10-12-14-16-18-20-22-24-25-26-27-28-29-30-31-32-33-34-35-36-37-38-39-41-43-45-47-49-51-53-55-57-63(67)64-61(60-71-72(68,69)70-59-58-65(3,4)5)62(66)56-54-52-50-48-46-44-42-40-23-21-19-17-15-13-11-9-7-2/h24-25,54,56,61-62,66H,6-23,26-53,55,57-60H2,1-5H3,(H-,64,67,68,69)/b25-24-,56-54+. The van der Waals surface area contributed by atoms with E-state index >= 15 is 0 Å². The Labute approximate surface area is 449 Å². The van der Waals surface area contributed by atoms with Crippen LogP contribution in [0.25, 0.3) is 0 Å². The van der Waals surface area contributed by atoms with E-state index in [4.69, 9.17) is 9.05 Å². The highest BCUT2D eigenvalue weighted by Crippen LogP contribution is 2.38. The van der Waals surface area contributed by atoms with Gasteiger partial charge in [-0.15, -0.1) is 0 Å². The number of quaternary nitrogens is 1. The predicted molar refractivity (Wildman–Crippen MR) is 312 cm³/mol. The average molecular weight is 1040 g/mol. The van der Waals surface area contributed by atoms with Gasteiger partial charge in [-0.1, -0.05) is 295 Å². The molecule has 9 heteroatoms. The third-order valence-corrected chi connectivity index (χ3v) is 15.6. The summed E-state index contributed by atoms with van der Waals surface area (Å²) in [7, 11) is 1.28. The number of nitrogens with zero attached hydrogens (tertiary/aromatic N) is 1. The van der Waals surface area contributed by atoms with Gasteiger partial charge in [0.1, 0.15) is 13.2 Å². The van der Waals surface area contributed by atoms with Gasteiger partial charge in [-0.05, 0) is 44.9 Å². The SMILES string of the molecule is CCCCCCCCCC/C=C\CCCCCCCCCCCCCCCCCCCCCCCC(=O)NC(COP(=O)([O-])OCC[N+](C)(C)C)C(O)/C=C/CCCCCCCCCCCCCCCCC. The molecule has 0 spiro atoms. The number of amides is 1. The Morgan fingerprint density at radius 1 is 0.472 bits per heavy atom. The van der Waals surface area contributed by atoms with E-state index in [0.717, 1.165) is 38.5 Å². The minimum atomic E-state index is -4.59. The van der Waals surface area contributed by atoms with Crippen LogP contribution < -0.4 is 10.2 Å². The lowest BCUT2D eigenvalue weighted by molar-refractivity contribution is -0.870. The smallest absolute Gasteiger partial charge is 0.268 e. The molecule has 3 unspecified atom stereocenters. The zero-order chi connectivity index (χ0) is 52.7. The molecule has 0 aliphatic carbocycles. The second-order valence-electron chi connectivity index (χ2n) is 23.1. The fraction of sp³-hybridized carbons (Fsp3) is 0.921. The third-order valence-electron chi connectivity index (χ3n) is 14.7. The van der Waals surface area contributed by atoms with Crippen molar-refractivity contribution in [2.75, 3.05) is 40.9 Å². The number of rotatable bonds is 59. The van der Waals surface area contributed by atoms with Crippen LogP contribution in [-0.4, -0.2) is 68.5 Å². The lowest BCUT2D eigenvalue weighted by Gasteiger charge is -2.29. The molecule has 428 valence electrons. The number of carbonyl (C=O) groups excluding carboxylic acids is 1. The van der Waals surface area contributed by atoms with E-state index in [1.807, 2.05) is 27.2 Å². The van der Waals surface area contributed by atoms with Gasteiger partial charge in [-0.25, -0.2) is 0 Å². The summed E-state index contributed by atoms with van der Waals surface area (Å²) in [5, 5.41) is 13.9. The van der Waals surface area contributed by atoms with Crippen LogP contribution in [0, 0.1) is 0 Å². The van der Waals surface area contributed by atoms with Crippen LogP contribution >= 0.6 is 7.82 Å². The van der Waals surface area contributed by atoms with E-state index in [2.05, 4.69) is 31.3 Å². The Morgan fingerprint density at radius 3 is 1.08 bits per heavy atom. The minimum Gasteiger partial charge on any atom is -0.756 e. The van der Waals surface area contributed by atoms with E-state index in [1.165, 1.54) is 263 Å². The molecule has 1 amide bonds. The Bertz CT molecular complexity index is 1220. The largest absolute Gasteiger partial charge is 0.756 e. The summed E-state index contributed by atoms with van der Waals surface area (Å²) in [6.45, 7) is 4.69. The van der Waals surface area contributed by atoms with Crippen molar-refractivity contribution < 1.29 is 32.9 Å². The molecule has 0 aromatic rings. The monoisotopic (exact) mass is 1040 g/mol. The molecule has 0 bridgehead atoms. The molecule has 0 radical (unpaired) electrons. The van der Waals surface area contributed by atoms with Gasteiger partial charge in [0.05, 0.1) is 39.9 Å². The van der Waals surface area contributed by atoms with Gasteiger partial charge in [0.15, 0.2) is 0 Å². The summed E-state index contributed by atoms with van der Waals surface area (Å²) in [5.41, 5.74) is 0. The molecule has 0 aromatic heterocycles. The Morgan fingerprint density at radius 2 is 0.764 bits per heavy atom. The van der Waals surface area contributed by atoms with Crippen LogP contribution in [0.2, 0.25) is 0 Å². The van der Waals surface area contributed by atoms with Crippen LogP contribution in [-0.2, 0) is 18.4 Å². The molecule has 0 heterocycles. The number of allylic oxidation sites excluding steroid dienone is 3. The van der Waals surface area contributed by atoms with Crippen molar-refractivity contribution in [1.82, 2.24) is 5.32 Å². The molecule has 2 N–H and O–H groups in total. The van der Waals surface area contributed by atoms with Crippen molar-refractivity contribution in [2.45, 2.75) is 334 Å². The van der Waals surface area contributed by atoms with Crippen LogP contribution in [0.15, 0.2) is 24.3 Å². The number of hydrogen-bond acceptors (Lipinski definition) is 6. The second-order valence-corrected chi connectivity index (χ2v) is 24.5. The van der Waals surface area contributed by atoms with Crippen molar-refractivity contribution in [3.63, 3.8) is 0 Å². The van der Waals surface area contributed by atoms with Gasteiger partial charge in [-0.3, -0.25) is 9.36 Å². The molecule has 0 aromatic carbocycles. The first-order chi connectivity index (χ1) is 35.0. The molecule has 0 fully saturated rings. The van der Waals surface area contributed by atoms with Gasteiger partial charge in [0.25, 0.3) is 7.82 Å². The Hall–Kier alpha value is -1.02. The first kappa shape index (κ1) is 71.0. The number of hydrogen-bond donors (Lipinski definition) is 2. The van der Waals surface area contributed by atoms with Gasteiger partial charge in [-0.2, -0.15) is 0 Å². The molecular weight excluding hydrogens is 912 g/mol. The van der Waals surface area contributed by atoms with Crippen molar-refractivity contribution in [3.8, 4) is 0 Å². The summed E-state index contributed by atoms with van der Waals surface area (Å²) in [6, 6.07) is -0.883. The highest BCUT2D eigenvalue weighted by molar-refractivity contribution is 7.45. The number of nitrogens with one attached hydrogen (secondary N) is 1. The fourth-order valence-electron chi connectivity index (χ4n) is 9.68. The fourth-order valence-corrected chi connectivity index (χ4v) is 10.4. The van der Waals surface area contributed by atoms with Crippen molar-refractivity contribution in [1.29, 1.82) is 0 Å². The lowest BCUT2D eigenvalue weighted by atomic mass is 10.0. The molecular formula is C63H125N2O6P. The number of phosphoric ester groups is 1. The van der Waals surface area contributed by atoms with Gasteiger partial charge >= 0.3 is 0 Å². The normalized spacial score (nSPS) is 13.9. The van der Waals surface area contributed by atoms with Crippen LogP contribution in [0.5, 0.6) is 0 Å². The van der Waals surface area contributed by atoms with Crippen LogP contribution in [0.4, 0.5) is 0 Å². The molecule has 72 heavy (non-hydrogen) atoms. The lowest BCUT2D eigenvalue weighted by Crippen LogP contribution is -2.45. The number of unbranched alkanes of at least 4 members (excludes halogenated alkanes) is 44. The molecule has 0 rings (SSSR count). The van der Waals surface area contributed by atoms with E-state index in [1.54, 1.807) is 6.08 Å². The summed E-state index contributed by atoms with van der Waals surface area (Å²) >= 11 is 0. The summed E-state index contributed by atoms with van der Waals surface area (Å²) in [6.07, 6.45) is 69.9. The molecule has 3 atom stereocenters. The number of aliphatic hydroxyl groups excluding tert-OH is 1. The summed E-state index contributed by atoms with van der Waals surface area (Å²) < 4.78 is 23.4. The highest BCUT2D eigenvalue weighted by Gasteiger charge is 2.23. The van der Waals surface area contributed by atoms with Crippen molar-refractivity contribution >= 4 is 13.7 Å². The molecule has 8 nitrogen and oxygen atoms in total. The number of carbonyl (C=O) groups is 1. The average Bonchev–Trinajstić information content (AvgIpc) is 3.34. The number of phosphoric acid groups is 1. The maximum absolute atomic E-state index is 13.0. The minimum absolute atomic E-state index is 0.00177. The maximum Gasteiger partial charge on any atom is 0.268 e. The predicted octanol–water partition coefficient (Wildman–Crippen LogP) is 18.9. The molecule has 0 saturated carbocycles. The van der Waals surface area contributed by atoms with Crippen molar-refractivity contribution in [3.05, 3.63) is 24.3 Å². The highest BCUT2D eigenvalue weighted by atomic mass is 31.2. The van der Waals surface area contributed by atoms with Gasteiger partial charge in [0, 0.05) is 6.42 Å². The van der Waals surface area contributed by atoms with E-state index in [0.29, 0.717) is 17.4 Å². The zero-order valence-corrected chi connectivity index (χ0v) is 49.8. The second kappa shape index (κ2) is 54.8. The van der Waals surface area contributed by atoms with Gasteiger partial charge < -0.3 is 28.8 Å². The van der Waals surface area contributed by atoms with Gasteiger partial charge in [0.2, 0.25) is 5.91 Å². The molecule has 0 aliphatic rings. The number of aliphatic hydroxyl groups is 1. The third kappa shape index (κ3) is 56.7. The molecule has 0 saturated heterocycles. The first-order valence-electron chi connectivity index (χ1n) is 31.7. The summed E-state index contributed by atoms with van der Waals surface area (Å²) in [5.74, 6) is -0.191. The quantitative estimate of drug-likeness (QED) is 0.0272. The molecule has 0 aliphatic heterocycles. The van der Waals surface area contributed by atoms with Crippen molar-refractivity contribution in [2.24, 2.45) is 0 Å². The van der Waals surface area contributed by atoms with Crippen LogP contribution in [0.1, 0.15) is 322 Å². The van der Waals surface area contributed by atoms with E-state index in [-0.39, 0.29) is 19.1 Å². The maximum atomic E-state index is 13.0. The Balaban J connectivity index is 4.00. The Kier molecular flexibility index (Phi) is 54.0. The van der Waals surface area contributed by atoms with Crippen LogP contribution in [0.3, 0.4) is 0 Å². The number of likely N-dealkylation sites (N-methyl/N-ethyl adjacent to an activating group) is 1. The summed E-state index contributed by atoms with van der Waals surface area (Å²) in [4.78, 5) is 25.5. The van der Waals surface area contributed by atoms with E-state index in [9.17, 15) is 19.4 Å². The zero-order valence-electron chi connectivity index (χ0n) is 48.9. The first-order valence-corrected chi connectivity index (χ1v) is 33.2.